The summed E-state index contributed by atoms with van der Waals surface area (Å²) < 4.78 is 39.0. The molecule has 1 aromatic carbocycles. The lowest BCUT2D eigenvalue weighted by atomic mass is 9.87. The van der Waals surface area contributed by atoms with E-state index in [0.29, 0.717) is 23.8 Å². The van der Waals surface area contributed by atoms with E-state index < -0.39 is 21.1 Å². The third kappa shape index (κ3) is 4.23. The smallest absolute Gasteiger partial charge is 0.241 e. The molecule has 0 bridgehead atoms. The zero-order valence-corrected chi connectivity index (χ0v) is 17.2. The maximum atomic E-state index is 14.5. The van der Waals surface area contributed by atoms with E-state index in [1.165, 1.54) is 19.1 Å². The van der Waals surface area contributed by atoms with Crippen molar-refractivity contribution in [1.82, 2.24) is 10.2 Å². The molecule has 0 radical (unpaired) electrons. The molecule has 0 unspecified atom stereocenters. The molecule has 1 saturated heterocycles. The molecular formula is C20H32FN3O3S. The van der Waals surface area contributed by atoms with Gasteiger partial charge in [-0.15, -0.1) is 0 Å². The van der Waals surface area contributed by atoms with Crippen molar-refractivity contribution >= 4 is 21.4 Å². The summed E-state index contributed by atoms with van der Waals surface area (Å²) in [4.78, 5) is 16.4. The summed E-state index contributed by atoms with van der Waals surface area (Å²) in [5.74, 6) is -1.00. The lowest BCUT2D eigenvalue weighted by molar-refractivity contribution is -0.120. The predicted octanol–water partition coefficient (Wildman–Crippen LogP) is 2.17. The molecule has 0 aromatic heterocycles. The molecule has 0 aliphatic carbocycles. The number of sulfone groups is 1. The minimum Gasteiger partial charge on any atom is -0.312 e. The third-order valence-electron chi connectivity index (χ3n) is 5.45. The van der Waals surface area contributed by atoms with E-state index in [2.05, 4.69) is 17.1 Å². The predicted molar refractivity (Wildman–Crippen MR) is 110 cm³/mol. The number of anilines is 1. The van der Waals surface area contributed by atoms with Gasteiger partial charge in [-0.05, 0) is 24.6 Å². The van der Waals surface area contributed by atoms with Gasteiger partial charge in [-0.1, -0.05) is 28.2 Å². The molecule has 2 aliphatic rings. The number of fused-ring (bicyclic) bond motifs is 1. The second kappa shape index (κ2) is 8.08. The van der Waals surface area contributed by atoms with E-state index in [9.17, 15) is 17.6 Å². The first-order chi connectivity index (χ1) is 12.5. The first-order valence-corrected chi connectivity index (χ1v) is 11.0. The maximum Gasteiger partial charge on any atom is 0.241 e. The first kappa shape index (κ1) is 22.8. The fourth-order valence-electron chi connectivity index (χ4n) is 3.92. The zero-order chi connectivity index (χ0) is 20.0. The fourth-order valence-corrected chi connectivity index (χ4v) is 4.88. The Bertz CT molecular complexity index is 854. The second-order valence-corrected chi connectivity index (χ2v) is 10.4. The van der Waals surface area contributed by atoms with Gasteiger partial charge in [-0.2, -0.15) is 0 Å². The number of benzene rings is 1. The average Bonchev–Trinajstić information content (AvgIpc) is 2.85. The summed E-state index contributed by atoms with van der Waals surface area (Å²) in [6.07, 6.45) is 0. The van der Waals surface area contributed by atoms with E-state index in [0.717, 1.165) is 19.6 Å². The summed E-state index contributed by atoms with van der Waals surface area (Å²) in [7, 11) is -3.70. The summed E-state index contributed by atoms with van der Waals surface area (Å²) in [5, 5.41) is 3.35. The molecule has 3 rings (SSSR count). The van der Waals surface area contributed by atoms with Crippen LogP contribution in [-0.2, 0) is 20.0 Å². The molecule has 1 aromatic rings. The second-order valence-electron chi connectivity index (χ2n) is 8.16. The van der Waals surface area contributed by atoms with Crippen molar-refractivity contribution in [3.63, 3.8) is 0 Å². The Morgan fingerprint density at radius 3 is 2.64 bits per heavy atom. The van der Waals surface area contributed by atoms with E-state index in [1.54, 1.807) is 4.90 Å². The number of rotatable bonds is 4. The number of nitrogens with zero attached hydrogens (tertiary/aromatic N) is 2. The van der Waals surface area contributed by atoms with E-state index in [-0.39, 0.29) is 30.5 Å². The van der Waals surface area contributed by atoms with Gasteiger partial charge in [0.2, 0.25) is 5.91 Å². The van der Waals surface area contributed by atoms with Gasteiger partial charge in [0.05, 0.1) is 12.3 Å². The highest BCUT2D eigenvalue weighted by molar-refractivity contribution is 7.91. The molecule has 8 heteroatoms. The van der Waals surface area contributed by atoms with Crippen LogP contribution in [0.3, 0.4) is 0 Å². The molecule has 2 aliphatic heterocycles. The first-order valence-electron chi connectivity index (χ1n) is 9.38. The van der Waals surface area contributed by atoms with Crippen LogP contribution in [0.2, 0.25) is 0 Å². The third-order valence-corrected chi connectivity index (χ3v) is 7.19. The molecule has 1 N–H and O–H groups in total. The van der Waals surface area contributed by atoms with Crippen molar-refractivity contribution in [2.45, 2.75) is 51.5 Å². The van der Waals surface area contributed by atoms with Crippen LogP contribution in [0.25, 0.3) is 0 Å². The standard InChI is InChI=1S/C19H28FN3O3S.CH4/c1-5-27(25,26)17-9-16-14(8-15(17)20)19(3,4)12-23(16)18(24)11-22-7-6-21-13(2)10-22;/h8-9,13,21H,5-7,10-12H2,1-4H3;1H4/t13-;/m1./s1. The zero-order valence-electron chi connectivity index (χ0n) is 16.4. The number of halogens is 1. The van der Waals surface area contributed by atoms with Crippen LogP contribution < -0.4 is 10.2 Å². The monoisotopic (exact) mass is 413 g/mol. The van der Waals surface area contributed by atoms with Gasteiger partial charge in [0.15, 0.2) is 9.84 Å². The van der Waals surface area contributed by atoms with Crippen molar-refractivity contribution in [3.05, 3.63) is 23.5 Å². The van der Waals surface area contributed by atoms with Crippen LogP contribution in [0.4, 0.5) is 10.1 Å². The number of piperazine rings is 1. The minimum atomic E-state index is -3.70. The molecule has 28 heavy (non-hydrogen) atoms. The molecule has 1 amide bonds. The summed E-state index contributed by atoms with van der Waals surface area (Å²) in [6, 6.07) is 2.96. The van der Waals surface area contributed by atoms with Crippen molar-refractivity contribution in [1.29, 1.82) is 0 Å². The Labute approximate surface area is 168 Å². The summed E-state index contributed by atoms with van der Waals surface area (Å²) in [6.45, 7) is 10.6. The molecule has 2 heterocycles. The van der Waals surface area contributed by atoms with E-state index in [4.69, 9.17) is 0 Å². The lowest BCUT2D eigenvalue weighted by Gasteiger charge is -2.32. The highest BCUT2D eigenvalue weighted by Crippen LogP contribution is 2.42. The summed E-state index contributed by atoms with van der Waals surface area (Å²) >= 11 is 0. The van der Waals surface area contributed by atoms with Gasteiger partial charge in [0.25, 0.3) is 0 Å². The van der Waals surface area contributed by atoms with Gasteiger partial charge >= 0.3 is 0 Å². The van der Waals surface area contributed by atoms with E-state index in [1.807, 2.05) is 13.8 Å². The molecule has 0 saturated carbocycles. The summed E-state index contributed by atoms with van der Waals surface area (Å²) in [5.41, 5.74) is 0.760. The Morgan fingerprint density at radius 2 is 2.04 bits per heavy atom. The number of hydrogen-bond donors (Lipinski definition) is 1. The van der Waals surface area contributed by atoms with Crippen LogP contribution >= 0.6 is 0 Å². The maximum absolute atomic E-state index is 14.5. The Hall–Kier alpha value is -1.51. The SMILES string of the molecule is C.CCS(=O)(=O)c1cc2c(cc1F)C(C)(C)CN2C(=O)CN1CCN[C@H](C)C1. The van der Waals surface area contributed by atoms with Crippen molar-refractivity contribution in [2.75, 3.05) is 43.4 Å². The van der Waals surface area contributed by atoms with Crippen molar-refractivity contribution < 1.29 is 17.6 Å². The molecule has 1 atom stereocenters. The number of hydrogen-bond acceptors (Lipinski definition) is 5. The van der Waals surface area contributed by atoms with Crippen LogP contribution in [0.5, 0.6) is 0 Å². The molecule has 1 fully saturated rings. The number of carbonyl (C=O) groups excluding carboxylic acids is 1. The van der Waals surface area contributed by atoms with Crippen molar-refractivity contribution in [3.8, 4) is 0 Å². The van der Waals surface area contributed by atoms with Gasteiger partial charge < -0.3 is 10.2 Å². The molecule has 0 spiro atoms. The number of nitrogens with one attached hydrogen (secondary N) is 1. The number of carbonyl (C=O) groups is 1. The Balaban J connectivity index is 0.00000280. The van der Waals surface area contributed by atoms with E-state index >= 15 is 0 Å². The highest BCUT2D eigenvalue weighted by Gasteiger charge is 2.40. The quantitative estimate of drug-likeness (QED) is 0.819. The number of amides is 1. The van der Waals surface area contributed by atoms with Gasteiger partial charge in [-0.25, -0.2) is 12.8 Å². The molecule has 6 nitrogen and oxygen atoms in total. The Kier molecular flexibility index (Phi) is 6.57. The lowest BCUT2D eigenvalue weighted by Crippen LogP contribution is -2.52. The van der Waals surface area contributed by atoms with Gasteiger partial charge in [-0.3, -0.25) is 9.69 Å². The highest BCUT2D eigenvalue weighted by atomic mass is 32.2. The minimum absolute atomic E-state index is 0. The molecule has 158 valence electrons. The van der Waals surface area contributed by atoms with Gasteiger partial charge in [0.1, 0.15) is 10.7 Å². The van der Waals surface area contributed by atoms with Crippen LogP contribution in [0.15, 0.2) is 17.0 Å². The fraction of sp³-hybridized carbons (Fsp3) is 0.650. The normalized spacial score (nSPS) is 21.9. The van der Waals surface area contributed by atoms with Crippen molar-refractivity contribution in [2.24, 2.45) is 0 Å². The van der Waals surface area contributed by atoms with Gasteiger partial charge in [0, 0.05) is 43.3 Å². The average molecular weight is 414 g/mol. The van der Waals surface area contributed by atoms with Crippen LogP contribution in [-0.4, -0.2) is 63.7 Å². The van der Waals surface area contributed by atoms with Crippen LogP contribution in [0, 0.1) is 5.82 Å². The topological polar surface area (TPSA) is 69.7 Å². The molecular weight excluding hydrogens is 381 g/mol. The van der Waals surface area contributed by atoms with Crippen LogP contribution in [0.1, 0.15) is 40.7 Å². The Morgan fingerprint density at radius 1 is 1.36 bits per heavy atom. The largest absolute Gasteiger partial charge is 0.312 e.